The van der Waals surface area contributed by atoms with Crippen molar-refractivity contribution in [2.45, 2.75) is 37.8 Å². The Balaban J connectivity index is 4.22. The third-order valence-corrected chi connectivity index (χ3v) is 3.35. The van der Waals surface area contributed by atoms with Gasteiger partial charge in [-0.25, -0.2) is 28.8 Å². The van der Waals surface area contributed by atoms with Crippen LogP contribution in [0.15, 0.2) is 12.2 Å². The van der Waals surface area contributed by atoms with Crippen molar-refractivity contribution in [2.75, 3.05) is 13.1 Å². The molecular weight excluding hydrogens is 404 g/mol. The first-order valence-corrected chi connectivity index (χ1v) is 8.80. The van der Waals surface area contributed by atoms with Crippen LogP contribution in [0.1, 0.15) is 25.7 Å². The highest BCUT2D eigenvalue weighted by atomic mass is 16.6. The second kappa shape index (κ2) is 14.5. The highest BCUT2D eigenvalue weighted by Gasteiger charge is 2.19. The Morgan fingerprint density at radius 3 is 1.33 bits per heavy atom. The molecule has 0 saturated carbocycles. The van der Waals surface area contributed by atoms with Gasteiger partial charge in [0.2, 0.25) is 0 Å². The first-order valence-electron chi connectivity index (χ1n) is 8.80. The quantitative estimate of drug-likeness (QED) is 0.0804. The van der Waals surface area contributed by atoms with Crippen LogP contribution < -0.4 is 33.6 Å². The maximum atomic E-state index is 11.6. The van der Waals surface area contributed by atoms with Gasteiger partial charge in [0.05, 0.1) is 0 Å². The van der Waals surface area contributed by atoms with E-state index in [0.29, 0.717) is 25.0 Å². The molecule has 0 bridgehead atoms. The average Bonchev–Trinajstić information content (AvgIpc) is 2.66. The van der Waals surface area contributed by atoms with Gasteiger partial charge < -0.3 is 43.0 Å². The van der Waals surface area contributed by atoms with Crippen LogP contribution in [-0.4, -0.2) is 61.1 Å². The number of amides is 4. The maximum absolute atomic E-state index is 11.6. The Kier molecular flexibility index (Phi) is 12.8. The number of esters is 4. The van der Waals surface area contributed by atoms with Gasteiger partial charge in [-0.05, 0) is 25.7 Å². The van der Waals surface area contributed by atoms with Gasteiger partial charge in [-0.1, -0.05) is 0 Å². The molecule has 0 unspecified atom stereocenters. The summed E-state index contributed by atoms with van der Waals surface area (Å²) in [7, 11) is 0. The molecule has 0 aromatic carbocycles. The van der Waals surface area contributed by atoms with Crippen molar-refractivity contribution < 1.29 is 38.2 Å². The summed E-state index contributed by atoms with van der Waals surface area (Å²) in [4.78, 5) is 67.2. The molecule has 0 aromatic heterocycles. The molecule has 0 fully saturated rings. The van der Waals surface area contributed by atoms with Crippen LogP contribution in [0.5, 0.6) is 0 Å². The predicted octanol–water partition coefficient (Wildman–Crippen LogP) is -2.77. The minimum absolute atomic E-state index is 0.111. The van der Waals surface area contributed by atoms with Crippen LogP contribution >= 0.6 is 0 Å². The van der Waals surface area contributed by atoms with Crippen molar-refractivity contribution >= 4 is 35.9 Å². The van der Waals surface area contributed by atoms with E-state index in [1.165, 1.54) is 0 Å². The molecule has 0 aliphatic carbocycles. The summed E-state index contributed by atoms with van der Waals surface area (Å²) in [6, 6.07) is -3.71. The van der Waals surface area contributed by atoms with E-state index in [9.17, 15) is 28.8 Å². The zero-order valence-electron chi connectivity index (χ0n) is 16.1. The van der Waals surface area contributed by atoms with E-state index in [4.69, 9.17) is 22.9 Å². The molecule has 0 rings (SSSR count). The van der Waals surface area contributed by atoms with E-state index in [1.807, 2.05) is 0 Å². The molecular formula is C16H26N6O8. The molecule has 168 valence electrons. The molecule has 0 aromatic rings. The summed E-state index contributed by atoms with van der Waals surface area (Å²) in [6.07, 6.45) is 2.01. The van der Waals surface area contributed by atoms with Gasteiger partial charge in [-0.2, -0.15) is 0 Å². The zero-order chi connectivity index (χ0) is 23.1. The van der Waals surface area contributed by atoms with Crippen molar-refractivity contribution in [3.63, 3.8) is 0 Å². The Bertz CT molecular complexity index is 625. The Hall–Kier alpha value is -3.52. The maximum Gasteiger partial charge on any atom is 0.338 e. The van der Waals surface area contributed by atoms with E-state index in [2.05, 4.69) is 20.1 Å². The lowest BCUT2D eigenvalue weighted by Crippen LogP contribution is -2.36. The van der Waals surface area contributed by atoms with Crippen molar-refractivity contribution in [3.05, 3.63) is 12.2 Å². The number of nitrogens with two attached hydrogens (primary N) is 4. The molecule has 10 N–H and O–H groups in total. The molecule has 14 heteroatoms. The van der Waals surface area contributed by atoms with Gasteiger partial charge in [0.25, 0.3) is 0 Å². The normalized spacial score (nSPS) is 12.5. The van der Waals surface area contributed by atoms with Crippen molar-refractivity contribution in [2.24, 2.45) is 22.9 Å². The number of hydrogen-bond acceptors (Lipinski definition) is 10. The standard InChI is InChI=1S/C16H26N6O8/c17-9(3-1-7-21-15(19)27)13(25)29-11(23)5-6-12(24)30-14(26)10(18)4-2-8-22-16(20)28/h5-6,9-10H,1-4,7-8,17-18H2,(H3,19,21,27)(H3,20,22,28)/b6-5-/t9-,10-/m0/s1. The molecule has 0 aliphatic heterocycles. The molecule has 4 amide bonds. The Morgan fingerprint density at radius 1 is 0.700 bits per heavy atom. The molecule has 0 saturated heterocycles. The number of urea groups is 2. The van der Waals surface area contributed by atoms with Gasteiger partial charge in [-0.15, -0.1) is 0 Å². The van der Waals surface area contributed by atoms with E-state index < -0.39 is 48.0 Å². The highest BCUT2D eigenvalue weighted by molar-refractivity contribution is 6.00. The fourth-order valence-electron chi connectivity index (χ4n) is 1.86. The lowest BCUT2D eigenvalue weighted by molar-refractivity contribution is -0.160. The molecule has 0 heterocycles. The van der Waals surface area contributed by atoms with Crippen molar-refractivity contribution in [3.8, 4) is 0 Å². The fraction of sp³-hybridized carbons (Fsp3) is 0.500. The predicted molar refractivity (Wildman–Crippen MR) is 101 cm³/mol. The summed E-state index contributed by atoms with van der Waals surface area (Å²) >= 11 is 0. The van der Waals surface area contributed by atoms with E-state index >= 15 is 0 Å². The van der Waals surface area contributed by atoms with Crippen LogP contribution in [0.25, 0.3) is 0 Å². The van der Waals surface area contributed by atoms with Gasteiger partial charge in [-0.3, -0.25) is 0 Å². The van der Waals surface area contributed by atoms with Crippen molar-refractivity contribution in [1.29, 1.82) is 0 Å². The van der Waals surface area contributed by atoms with Gasteiger partial charge in [0, 0.05) is 25.2 Å². The smallest absolute Gasteiger partial charge is 0.338 e. The number of carbonyl (C=O) groups excluding carboxylic acids is 6. The fourth-order valence-corrected chi connectivity index (χ4v) is 1.86. The molecule has 0 radical (unpaired) electrons. The van der Waals surface area contributed by atoms with Crippen LogP contribution in [0.2, 0.25) is 0 Å². The lowest BCUT2D eigenvalue weighted by Gasteiger charge is -2.10. The lowest BCUT2D eigenvalue weighted by atomic mass is 10.2. The second-order valence-electron chi connectivity index (χ2n) is 5.89. The summed E-state index contributed by atoms with van der Waals surface area (Å²) in [5, 5.41) is 4.60. The second-order valence-corrected chi connectivity index (χ2v) is 5.89. The van der Waals surface area contributed by atoms with Gasteiger partial charge in [0.15, 0.2) is 0 Å². The number of carbonyl (C=O) groups is 6. The zero-order valence-corrected chi connectivity index (χ0v) is 16.1. The third kappa shape index (κ3) is 13.6. The number of ether oxygens (including phenoxy) is 2. The van der Waals surface area contributed by atoms with E-state index in [1.54, 1.807) is 0 Å². The highest BCUT2D eigenvalue weighted by Crippen LogP contribution is 1.99. The first-order chi connectivity index (χ1) is 14.0. The molecule has 14 nitrogen and oxygen atoms in total. The SMILES string of the molecule is NC(=O)NCCC[C@H](N)C(=O)OC(=O)/C=C\C(=O)OC(=O)[C@@H](N)CCCNC(N)=O. The molecule has 0 aliphatic rings. The van der Waals surface area contributed by atoms with Gasteiger partial charge >= 0.3 is 35.9 Å². The molecule has 30 heavy (non-hydrogen) atoms. The number of nitrogens with one attached hydrogen (secondary N) is 2. The number of primary amides is 2. The van der Waals surface area contributed by atoms with Crippen LogP contribution in [0.4, 0.5) is 9.59 Å². The first kappa shape index (κ1) is 26.5. The Labute approximate surface area is 171 Å². The van der Waals surface area contributed by atoms with Crippen LogP contribution in [0.3, 0.4) is 0 Å². The van der Waals surface area contributed by atoms with Crippen LogP contribution in [-0.2, 0) is 28.7 Å². The van der Waals surface area contributed by atoms with E-state index in [-0.39, 0.29) is 25.9 Å². The summed E-state index contributed by atoms with van der Waals surface area (Å²) in [6.45, 7) is 0.377. The monoisotopic (exact) mass is 430 g/mol. The largest absolute Gasteiger partial charge is 0.389 e. The summed E-state index contributed by atoms with van der Waals surface area (Å²) in [5.74, 6) is -4.48. The van der Waals surface area contributed by atoms with Gasteiger partial charge in [0.1, 0.15) is 12.1 Å². The number of hydrogen-bond donors (Lipinski definition) is 6. The molecule has 0 spiro atoms. The number of rotatable bonds is 12. The minimum Gasteiger partial charge on any atom is -0.389 e. The third-order valence-electron chi connectivity index (χ3n) is 3.35. The molecule has 2 atom stereocenters. The van der Waals surface area contributed by atoms with Crippen LogP contribution in [0, 0.1) is 0 Å². The summed E-state index contributed by atoms with van der Waals surface area (Å²) < 4.78 is 8.83. The Morgan fingerprint density at radius 2 is 1.03 bits per heavy atom. The summed E-state index contributed by atoms with van der Waals surface area (Å²) in [5.41, 5.74) is 20.8. The van der Waals surface area contributed by atoms with Crippen molar-refractivity contribution in [1.82, 2.24) is 10.6 Å². The minimum atomic E-state index is -1.20. The topological polar surface area (TPSA) is 249 Å². The average molecular weight is 430 g/mol. The van der Waals surface area contributed by atoms with E-state index in [0.717, 1.165) is 0 Å².